The summed E-state index contributed by atoms with van der Waals surface area (Å²) < 4.78 is 10.2. The molecule has 0 unspecified atom stereocenters. The molecule has 16 heavy (non-hydrogen) atoms. The zero-order valence-electron chi connectivity index (χ0n) is 8.34. The third-order valence-corrected chi connectivity index (χ3v) is 2.47. The lowest BCUT2D eigenvalue weighted by atomic mass is 10.1. The maximum absolute atomic E-state index is 11.7. The molecule has 0 amide bonds. The summed E-state index contributed by atoms with van der Waals surface area (Å²) in [7, 11) is 0. The minimum atomic E-state index is -0.347. The zero-order chi connectivity index (χ0) is 11.0. The Labute approximate surface area is 90.9 Å². The van der Waals surface area contributed by atoms with Crippen LogP contribution in [0.2, 0.25) is 0 Å². The summed E-state index contributed by atoms with van der Waals surface area (Å²) in [5, 5.41) is 0.901. The molecule has 0 aliphatic heterocycles. The highest BCUT2D eigenvalue weighted by atomic mass is 16.4. The summed E-state index contributed by atoms with van der Waals surface area (Å²) in [5.74, 6) is 0. The van der Waals surface area contributed by atoms with Gasteiger partial charge in [-0.1, -0.05) is 18.2 Å². The van der Waals surface area contributed by atoms with Crippen LogP contribution in [0.15, 0.2) is 62.6 Å². The molecular weight excluding hydrogens is 204 g/mol. The molecule has 0 aliphatic carbocycles. The Balaban J connectivity index is 2.34. The van der Waals surface area contributed by atoms with E-state index >= 15 is 0 Å². The summed E-state index contributed by atoms with van der Waals surface area (Å²) in [6, 6.07) is 11.0. The van der Waals surface area contributed by atoms with Crippen molar-refractivity contribution in [3.8, 4) is 11.1 Å². The number of benzene rings is 1. The first-order valence-corrected chi connectivity index (χ1v) is 4.90. The molecule has 0 fully saturated rings. The van der Waals surface area contributed by atoms with Crippen molar-refractivity contribution in [3.63, 3.8) is 0 Å². The monoisotopic (exact) mass is 212 g/mol. The summed E-state index contributed by atoms with van der Waals surface area (Å²) >= 11 is 0. The summed E-state index contributed by atoms with van der Waals surface area (Å²) in [6.45, 7) is 0. The van der Waals surface area contributed by atoms with Gasteiger partial charge in [-0.3, -0.25) is 0 Å². The van der Waals surface area contributed by atoms with Gasteiger partial charge in [0.15, 0.2) is 0 Å². The maximum atomic E-state index is 11.7. The Morgan fingerprint density at radius 3 is 2.75 bits per heavy atom. The standard InChI is InChI=1S/C13H8O3/c14-13-11(10-5-6-15-8-10)7-9-3-1-2-4-12(9)16-13/h1-8H. The molecule has 0 saturated carbocycles. The van der Waals surface area contributed by atoms with Crippen LogP contribution in [-0.4, -0.2) is 0 Å². The molecule has 0 aliphatic rings. The van der Waals surface area contributed by atoms with E-state index in [4.69, 9.17) is 8.83 Å². The van der Waals surface area contributed by atoms with Crippen molar-refractivity contribution >= 4 is 11.0 Å². The second-order valence-corrected chi connectivity index (χ2v) is 3.50. The third-order valence-electron chi connectivity index (χ3n) is 2.47. The van der Waals surface area contributed by atoms with E-state index in [0.717, 1.165) is 10.9 Å². The van der Waals surface area contributed by atoms with E-state index in [9.17, 15) is 4.79 Å². The van der Waals surface area contributed by atoms with Crippen LogP contribution < -0.4 is 5.63 Å². The fourth-order valence-electron chi connectivity index (χ4n) is 1.68. The first-order chi connectivity index (χ1) is 7.84. The number of para-hydroxylation sites is 1. The zero-order valence-corrected chi connectivity index (χ0v) is 8.34. The molecular formula is C13H8O3. The van der Waals surface area contributed by atoms with Crippen LogP contribution >= 0.6 is 0 Å². The molecule has 0 N–H and O–H groups in total. The van der Waals surface area contributed by atoms with Crippen LogP contribution in [0.3, 0.4) is 0 Å². The van der Waals surface area contributed by atoms with Crippen LogP contribution in [-0.2, 0) is 0 Å². The summed E-state index contributed by atoms with van der Waals surface area (Å²) in [6.07, 6.45) is 3.06. The molecule has 78 valence electrons. The average molecular weight is 212 g/mol. The van der Waals surface area contributed by atoms with Crippen molar-refractivity contribution in [1.82, 2.24) is 0 Å². The molecule has 3 nitrogen and oxygen atoms in total. The second-order valence-electron chi connectivity index (χ2n) is 3.50. The lowest BCUT2D eigenvalue weighted by Gasteiger charge is -1.98. The minimum Gasteiger partial charge on any atom is -0.472 e. The highest BCUT2D eigenvalue weighted by Crippen LogP contribution is 2.20. The van der Waals surface area contributed by atoms with E-state index in [1.165, 1.54) is 12.5 Å². The molecule has 1 aromatic carbocycles. The molecule has 0 saturated heterocycles. The normalized spacial score (nSPS) is 10.8. The van der Waals surface area contributed by atoms with Crippen molar-refractivity contribution in [2.45, 2.75) is 0 Å². The number of rotatable bonds is 1. The molecule has 3 rings (SSSR count). The first kappa shape index (κ1) is 8.97. The van der Waals surface area contributed by atoms with Crippen LogP contribution in [0.25, 0.3) is 22.1 Å². The summed E-state index contributed by atoms with van der Waals surface area (Å²) in [5.41, 5.74) is 1.51. The van der Waals surface area contributed by atoms with Gasteiger partial charge in [-0.15, -0.1) is 0 Å². The lowest BCUT2D eigenvalue weighted by molar-refractivity contribution is 0.559. The quantitative estimate of drug-likeness (QED) is 0.582. The van der Waals surface area contributed by atoms with E-state index in [2.05, 4.69) is 0 Å². The first-order valence-electron chi connectivity index (χ1n) is 4.90. The van der Waals surface area contributed by atoms with Crippen molar-refractivity contribution < 1.29 is 8.83 Å². The highest BCUT2D eigenvalue weighted by Gasteiger charge is 2.07. The van der Waals surface area contributed by atoms with Gasteiger partial charge in [0.25, 0.3) is 0 Å². The molecule has 3 heteroatoms. The van der Waals surface area contributed by atoms with Gasteiger partial charge < -0.3 is 8.83 Å². The predicted octanol–water partition coefficient (Wildman–Crippen LogP) is 3.05. The van der Waals surface area contributed by atoms with Crippen LogP contribution in [0.5, 0.6) is 0 Å². The third kappa shape index (κ3) is 1.34. The Bertz CT molecular complexity index is 678. The van der Waals surface area contributed by atoms with Gasteiger partial charge in [0.2, 0.25) is 0 Å². The van der Waals surface area contributed by atoms with Crippen molar-refractivity contribution in [2.75, 3.05) is 0 Å². The van der Waals surface area contributed by atoms with Gasteiger partial charge in [0.05, 0.1) is 18.1 Å². The minimum absolute atomic E-state index is 0.347. The van der Waals surface area contributed by atoms with Gasteiger partial charge in [0.1, 0.15) is 5.58 Å². The van der Waals surface area contributed by atoms with Crippen LogP contribution in [0.1, 0.15) is 0 Å². The number of hydrogen-bond acceptors (Lipinski definition) is 3. The lowest BCUT2D eigenvalue weighted by Crippen LogP contribution is -2.01. The molecule has 0 spiro atoms. The SMILES string of the molecule is O=c1oc2ccccc2cc1-c1ccoc1. The maximum Gasteiger partial charge on any atom is 0.344 e. The van der Waals surface area contributed by atoms with E-state index in [-0.39, 0.29) is 5.63 Å². The topological polar surface area (TPSA) is 43.4 Å². The van der Waals surface area contributed by atoms with Gasteiger partial charge in [-0.05, 0) is 18.2 Å². The van der Waals surface area contributed by atoms with E-state index in [0.29, 0.717) is 11.1 Å². The number of furan rings is 1. The van der Waals surface area contributed by atoms with Crippen molar-refractivity contribution in [1.29, 1.82) is 0 Å². The smallest absolute Gasteiger partial charge is 0.344 e. The Morgan fingerprint density at radius 2 is 1.94 bits per heavy atom. The van der Waals surface area contributed by atoms with E-state index in [1.807, 2.05) is 24.3 Å². The Hall–Kier alpha value is -2.29. The fraction of sp³-hybridized carbons (Fsp3) is 0. The number of hydrogen-bond donors (Lipinski definition) is 0. The second kappa shape index (κ2) is 3.38. The van der Waals surface area contributed by atoms with Crippen molar-refractivity contribution in [3.05, 3.63) is 59.3 Å². The largest absolute Gasteiger partial charge is 0.472 e. The van der Waals surface area contributed by atoms with Gasteiger partial charge >= 0.3 is 5.63 Å². The molecule has 2 heterocycles. The van der Waals surface area contributed by atoms with Gasteiger partial charge in [-0.2, -0.15) is 0 Å². The fourth-order valence-corrected chi connectivity index (χ4v) is 1.68. The molecule has 0 atom stereocenters. The Morgan fingerprint density at radius 1 is 1.06 bits per heavy atom. The van der Waals surface area contributed by atoms with Gasteiger partial charge in [0, 0.05) is 10.9 Å². The van der Waals surface area contributed by atoms with E-state index < -0.39 is 0 Å². The predicted molar refractivity (Wildman–Crippen MR) is 60.2 cm³/mol. The molecule has 2 aromatic heterocycles. The van der Waals surface area contributed by atoms with Gasteiger partial charge in [-0.25, -0.2) is 4.79 Å². The molecule has 0 bridgehead atoms. The average Bonchev–Trinajstić information content (AvgIpc) is 2.81. The Kier molecular flexibility index (Phi) is 1.90. The van der Waals surface area contributed by atoms with Crippen LogP contribution in [0.4, 0.5) is 0 Å². The molecule has 0 radical (unpaired) electrons. The molecule has 3 aromatic rings. The van der Waals surface area contributed by atoms with E-state index in [1.54, 1.807) is 12.1 Å². The number of fused-ring (bicyclic) bond motifs is 1. The van der Waals surface area contributed by atoms with Crippen LogP contribution in [0, 0.1) is 0 Å². The van der Waals surface area contributed by atoms with Crippen molar-refractivity contribution in [2.24, 2.45) is 0 Å². The summed E-state index contributed by atoms with van der Waals surface area (Å²) in [4.78, 5) is 11.7. The highest BCUT2D eigenvalue weighted by molar-refractivity contribution is 5.81.